The van der Waals surface area contributed by atoms with E-state index in [-0.39, 0.29) is 33.3 Å². The average molecular weight is 401 g/mol. The third-order valence-corrected chi connectivity index (χ3v) is 6.92. The van der Waals surface area contributed by atoms with E-state index in [1.807, 2.05) is 30.3 Å². The number of hydrogen-bond acceptors (Lipinski definition) is 2. The lowest BCUT2D eigenvalue weighted by Gasteiger charge is -2.29. The van der Waals surface area contributed by atoms with Crippen molar-refractivity contribution in [1.29, 1.82) is 0 Å². The molecule has 1 aliphatic carbocycles. The fourth-order valence-corrected chi connectivity index (χ4v) is 4.32. The minimum atomic E-state index is -0.149. The number of nitrogens with zero attached hydrogens (tertiary/aromatic N) is 1. The van der Waals surface area contributed by atoms with Crippen LogP contribution >= 0.6 is 31.9 Å². The number of likely N-dealkylation sites (tertiary alicyclic amines) is 1. The van der Waals surface area contributed by atoms with Crippen molar-refractivity contribution in [3.63, 3.8) is 0 Å². The molecule has 1 heterocycles. The first-order valence-corrected chi connectivity index (χ1v) is 8.58. The highest BCUT2D eigenvalue weighted by Crippen LogP contribution is 2.43. The molecule has 3 rings (SSSR count). The van der Waals surface area contributed by atoms with Crippen LogP contribution in [0.1, 0.15) is 18.4 Å². The summed E-state index contributed by atoms with van der Waals surface area (Å²) in [5, 5.41) is 0. The summed E-state index contributed by atoms with van der Waals surface area (Å²) >= 11 is 7.19. The molecule has 20 heavy (non-hydrogen) atoms. The molecule has 0 N–H and O–H groups in total. The number of imide groups is 1. The van der Waals surface area contributed by atoms with Crippen LogP contribution in [0, 0.1) is 11.8 Å². The summed E-state index contributed by atoms with van der Waals surface area (Å²) in [5.74, 6) is -0.311. The van der Waals surface area contributed by atoms with E-state index < -0.39 is 0 Å². The summed E-state index contributed by atoms with van der Waals surface area (Å²) in [4.78, 5) is 26.9. The lowest BCUT2D eigenvalue weighted by atomic mass is 9.81. The van der Waals surface area contributed by atoms with Crippen molar-refractivity contribution in [2.24, 2.45) is 11.8 Å². The number of benzene rings is 1. The minimum Gasteiger partial charge on any atom is -0.278 e. The van der Waals surface area contributed by atoms with Crippen molar-refractivity contribution >= 4 is 43.7 Å². The van der Waals surface area contributed by atoms with Gasteiger partial charge in [-0.05, 0) is 18.4 Å². The number of halogens is 2. The van der Waals surface area contributed by atoms with Crippen LogP contribution in [0.5, 0.6) is 0 Å². The normalized spacial score (nSPS) is 33.4. The first-order valence-electron chi connectivity index (χ1n) is 6.75. The lowest BCUT2D eigenvalue weighted by Crippen LogP contribution is -2.34. The Labute approximate surface area is 135 Å². The van der Waals surface area contributed by atoms with Crippen LogP contribution in [0.3, 0.4) is 0 Å². The maximum absolute atomic E-state index is 12.5. The highest BCUT2D eigenvalue weighted by Gasteiger charge is 2.51. The smallest absolute Gasteiger partial charge is 0.233 e. The molecule has 2 fully saturated rings. The molecule has 1 saturated carbocycles. The average Bonchev–Trinajstić information content (AvgIpc) is 2.66. The minimum absolute atomic E-state index is 0.00676. The van der Waals surface area contributed by atoms with E-state index >= 15 is 0 Å². The molecule has 5 heteroatoms. The SMILES string of the molecule is O=C1[C@H]2C[C@H](Br)[C@@H](Br)C[C@H]2C(=O)N1Cc1ccccc1. The predicted octanol–water partition coefficient (Wildman–Crippen LogP) is 3.11. The number of carbonyl (C=O) groups is 2. The Kier molecular flexibility index (Phi) is 4.00. The number of alkyl halides is 2. The quantitative estimate of drug-likeness (QED) is 0.565. The lowest BCUT2D eigenvalue weighted by molar-refractivity contribution is -0.140. The fraction of sp³-hybridized carbons (Fsp3) is 0.467. The summed E-state index contributed by atoms with van der Waals surface area (Å²) in [6.07, 6.45) is 1.47. The van der Waals surface area contributed by atoms with Gasteiger partial charge in [-0.2, -0.15) is 0 Å². The van der Waals surface area contributed by atoms with E-state index in [2.05, 4.69) is 31.9 Å². The second-order valence-electron chi connectivity index (χ2n) is 5.46. The van der Waals surface area contributed by atoms with Crippen molar-refractivity contribution < 1.29 is 9.59 Å². The van der Waals surface area contributed by atoms with Gasteiger partial charge in [-0.25, -0.2) is 0 Å². The number of carbonyl (C=O) groups excluding carboxylic acids is 2. The fourth-order valence-electron chi connectivity index (χ4n) is 3.09. The molecular weight excluding hydrogens is 386 g/mol. The van der Waals surface area contributed by atoms with E-state index in [1.165, 1.54) is 4.90 Å². The van der Waals surface area contributed by atoms with Crippen LogP contribution in [-0.4, -0.2) is 26.4 Å². The highest BCUT2D eigenvalue weighted by atomic mass is 79.9. The van der Waals surface area contributed by atoms with E-state index in [4.69, 9.17) is 0 Å². The van der Waals surface area contributed by atoms with Gasteiger partial charge >= 0.3 is 0 Å². The zero-order valence-electron chi connectivity index (χ0n) is 10.8. The molecule has 1 aromatic carbocycles. The Morgan fingerprint density at radius 2 is 1.45 bits per heavy atom. The van der Waals surface area contributed by atoms with Gasteiger partial charge in [0.25, 0.3) is 0 Å². The van der Waals surface area contributed by atoms with Crippen LogP contribution in [0.2, 0.25) is 0 Å². The molecule has 0 unspecified atom stereocenters. The maximum atomic E-state index is 12.5. The first kappa shape index (κ1) is 14.3. The third-order valence-electron chi connectivity index (χ3n) is 4.19. The Balaban J connectivity index is 1.80. The standard InChI is InChI=1S/C15H15Br2NO2/c16-12-6-10-11(7-13(12)17)15(20)18(14(10)19)8-9-4-2-1-3-5-9/h1-5,10-13H,6-8H2/t10-,11+,12-,13-/m0/s1. The Morgan fingerprint density at radius 1 is 0.950 bits per heavy atom. The molecule has 2 amide bonds. The number of hydrogen-bond donors (Lipinski definition) is 0. The zero-order chi connectivity index (χ0) is 14.3. The van der Waals surface area contributed by atoms with Crippen LogP contribution in [-0.2, 0) is 16.1 Å². The van der Waals surface area contributed by atoms with Crippen LogP contribution in [0.15, 0.2) is 30.3 Å². The molecule has 3 nitrogen and oxygen atoms in total. The maximum Gasteiger partial charge on any atom is 0.233 e. The molecule has 0 bridgehead atoms. The van der Waals surface area contributed by atoms with Gasteiger partial charge in [0.05, 0.1) is 18.4 Å². The molecule has 106 valence electrons. The van der Waals surface area contributed by atoms with Crippen LogP contribution in [0.25, 0.3) is 0 Å². The molecule has 0 spiro atoms. The molecule has 2 aliphatic rings. The predicted molar refractivity (Wildman–Crippen MR) is 83.6 cm³/mol. The van der Waals surface area contributed by atoms with Crippen molar-refractivity contribution in [3.05, 3.63) is 35.9 Å². The van der Waals surface area contributed by atoms with Gasteiger partial charge in [-0.1, -0.05) is 62.2 Å². The van der Waals surface area contributed by atoms with Crippen molar-refractivity contribution in [2.75, 3.05) is 0 Å². The molecule has 1 saturated heterocycles. The molecule has 1 aromatic rings. The van der Waals surface area contributed by atoms with Crippen molar-refractivity contribution in [1.82, 2.24) is 4.90 Å². The van der Waals surface area contributed by atoms with Gasteiger partial charge in [0.1, 0.15) is 0 Å². The van der Waals surface area contributed by atoms with Gasteiger partial charge in [0, 0.05) is 9.65 Å². The first-order chi connectivity index (χ1) is 9.58. The topological polar surface area (TPSA) is 37.4 Å². The Hall–Kier alpha value is -0.680. The summed E-state index contributed by atoms with van der Waals surface area (Å²) in [5.41, 5.74) is 0.999. The molecule has 0 aromatic heterocycles. The van der Waals surface area contributed by atoms with Gasteiger partial charge in [0.2, 0.25) is 11.8 Å². The van der Waals surface area contributed by atoms with Crippen LogP contribution < -0.4 is 0 Å². The second-order valence-corrected chi connectivity index (χ2v) is 7.82. The Bertz CT molecular complexity index is 506. The van der Waals surface area contributed by atoms with Gasteiger partial charge in [-0.15, -0.1) is 0 Å². The number of amides is 2. The summed E-state index contributed by atoms with van der Waals surface area (Å²) in [6, 6.07) is 9.68. The summed E-state index contributed by atoms with van der Waals surface area (Å²) in [6.45, 7) is 0.394. The van der Waals surface area contributed by atoms with Gasteiger partial charge in [0.15, 0.2) is 0 Å². The van der Waals surface area contributed by atoms with E-state index in [0.717, 1.165) is 18.4 Å². The third kappa shape index (κ3) is 2.46. The Morgan fingerprint density at radius 3 is 1.95 bits per heavy atom. The van der Waals surface area contributed by atoms with E-state index in [1.54, 1.807) is 0 Å². The van der Waals surface area contributed by atoms with E-state index in [0.29, 0.717) is 6.54 Å². The largest absolute Gasteiger partial charge is 0.278 e. The molecule has 0 radical (unpaired) electrons. The zero-order valence-corrected chi connectivity index (χ0v) is 14.0. The van der Waals surface area contributed by atoms with Gasteiger partial charge < -0.3 is 0 Å². The molecule has 1 aliphatic heterocycles. The van der Waals surface area contributed by atoms with Gasteiger partial charge in [-0.3, -0.25) is 14.5 Å². The second kappa shape index (κ2) is 5.60. The van der Waals surface area contributed by atoms with Crippen molar-refractivity contribution in [2.45, 2.75) is 29.0 Å². The highest BCUT2D eigenvalue weighted by molar-refractivity contribution is 9.12. The van der Waals surface area contributed by atoms with E-state index in [9.17, 15) is 9.59 Å². The molecular formula is C15H15Br2NO2. The molecule has 4 atom stereocenters. The summed E-state index contributed by atoms with van der Waals surface area (Å²) < 4.78 is 0. The number of rotatable bonds is 2. The number of fused-ring (bicyclic) bond motifs is 1. The monoisotopic (exact) mass is 399 g/mol. The van der Waals surface area contributed by atoms with Crippen molar-refractivity contribution in [3.8, 4) is 0 Å². The van der Waals surface area contributed by atoms with Crippen LogP contribution in [0.4, 0.5) is 0 Å². The summed E-state index contributed by atoms with van der Waals surface area (Å²) in [7, 11) is 0.